The fourth-order valence-corrected chi connectivity index (χ4v) is 4.56. The molecule has 0 saturated carbocycles. The maximum atomic E-state index is 13.1. The number of nitrogens with zero attached hydrogens (tertiary/aromatic N) is 3. The highest BCUT2D eigenvalue weighted by molar-refractivity contribution is 6.36. The van der Waals surface area contributed by atoms with Crippen LogP contribution in [-0.2, 0) is 11.3 Å². The third kappa shape index (κ3) is 6.26. The van der Waals surface area contributed by atoms with Crippen LogP contribution in [0.4, 0.5) is 17.3 Å². The van der Waals surface area contributed by atoms with Crippen LogP contribution in [0.3, 0.4) is 0 Å². The fourth-order valence-electron chi connectivity index (χ4n) is 4.05. The van der Waals surface area contributed by atoms with E-state index < -0.39 is 4.92 Å². The Morgan fingerprint density at radius 2 is 2.08 bits per heavy atom. The Labute approximate surface area is 217 Å². The normalized spacial score (nSPS) is 15.1. The number of carbonyl (C=O) groups excluding carboxylic acids is 1. The molecule has 1 fully saturated rings. The van der Waals surface area contributed by atoms with Crippen molar-refractivity contribution >= 4 is 46.4 Å². The Morgan fingerprint density at radius 1 is 1.25 bits per heavy atom. The van der Waals surface area contributed by atoms with Crippen LogP contribution in [-0.4, -0.2) is 46.2 Å². The van der Waals surface area contributed by atoms with Gasteiger partial charge in [0.15, 0.2) is 0 Å². The minimum atomic E-state index is -0.572. The third-order valence-electron chi connectivity index (χ3n) is 5.86. The molecule has 1 saturated heterocycles. The van der Waals surface area contributed by atoms with E-state index in [0.29, 0.717) is 58.6 Å². The van der Waals surface area contributed by atoms with E-state index in [9.17, 15) is 14.9 Å². The van der Waals surface area contributed by atoms with Crippen molar-refractivity contribution in [2.75, 3.05) is 30.7 Å². The summed E-state index contributed by atoms with van der Waals surface area (Å²) >= 11 is 12.5. The van der Waals surface area contributed by atoms with E-state index in [2.05, 4.69) is 15.6 Å². The number of amides is 1. The Hall–Kier alpha value is -3.34. The molecule has 190 valence electrons. The van der Waals surface area contributed by atoms with Gasteiger partial charge in [-0.25, -0.2) is 4.98 Å². The van der Waals surface area contributed by atoms with Gasteiger partial charge in [-0.1, -0.05) is 29.3 Å². The van der Waals surface area contributed by atoms with Gasteiger partial charge in [0.2, 0.25) is 5.82 Å². The highest BCUT2D eigenvalue weighted by atomic mass is 35.5. The number of halogens is 2. The van der Waals surface area contributed by atoms with Gasteiger partial charge in [0.05, 0.1) is 16.6 Å². The Bertz CT molecular complexity index is 1260. The average molecular weight is 533 g/mol. The summed E-state index contributed by atoms with van der Waals surface area (Å²) in [4.78, 5) is 27.4. The lowest BCUT2D eigenvalue weighted by Gasteiger charge is -2.11. The Balaban J connectivity index is 1.44. The number of carbonyl (C=O) groups is 1. The van der Waals surface area contributed by atoms with Crippen LogP contribution in [0.1, 0.15) is 29.6 Å². The maximum Gasteiger partial charge on any atom is 0.311 e. The van der Waals surface area contributed by atoms with E-state index in [-0.39, 0.29) is 23.5 Å². The zero-order chi connectivity index (χ0) is 25.7. The van der Waals surface area contributed by atoms with E-state index in [0.717, 1.165) is 19.4 Å². The second kappa shape index (κ2) is 11.6. The minimum absolute atomic E-state index is 0.0340. The first kappa shape index (κ1) is 25.7. The molecule has 0 radical (unpaired) electrons. The van der Waals surface area contributed by atoms with Gasteiger partial charge in [0.1, 0.15) is 5.82 Å². The zero-order valence-corrected chi connectivity index (χ0v) is 20.9. The lowest BCUT2D eigenvalue weighted by molar-refractivity contribution is -0.384. The lowest BCUT2D eigenvalue weighted by Crippen LogP contribution is -2.31. The first-order valence-corrected chi connectivity index (χ1v) is 12.3. The predicted molar refractivity (Wildman–Crippen MR) is 140 cm³/mol. The number of aromatic nitrogens is 2. The summed E-state index contributed by atoms with van der Waals surface area (Å²) in [6.07, 6.45) is 6.34. The number of rotatable bonds is 10. The second-order valence-electron chi connectivity index (χ2n) is 8.43. The monoisotopic (exact) mass is 532 g/mol. The van der Waals surface area contributed by atoms with Crippen molar-refractivity contribution in [3.05, 3.63) is 68.4 Å². The Kier molecular flexibility index (Phi) is 8.29. The van der Waals surface area contributed by atoms with Crippen LogP contribution in [0.2, 0.25) is 10.0 Å². The van der Waals surface area contributed by atoms with Crippen molar-refractivity contribution in [3.8, 4) is 11.1 Å². The van der Waals surface area contributed by atoms with Crippen LogP contribution in [0.25, 0.3) is 11.1 Å². The standard InChI is InChI=1S/C24H26Cl2N6O4/c25-15-4-5-17(20(26)11-15)18-13-31(14-19(18)24(33)29-12-16-3-1-10-36-16)9-2-8-28-22-7-6-21(32(34)35)23(27)30-22/h4-7,11,13-14,16H,1-3,8-10,12H2,(H,29,33)(H3,27,28,30)/t16-/m0/s1. The minimum Gasteiger partial charge on any atom is -0.378 e. The number of nitrogen functional groups attached to an aromatic ring is 1. The fraction of sp³-hybridized carbons (Fsp3) is 0.333. The van der Waals surface area contributed by atoms with Gasteiger partial charge < -0.3 is 25.7 Å². The Morgan fingerprint density at radius 3 is 2.78 bits per heavy atom. The lowest BCUT2D eigenvalue weighted by atomic mass is 10.0. The van der Waals surface area contributed by atoms with Crippen molar-refractivity contribution < 1.29 is 14.5 Å². The summed E-state index contributed by atoms with van der Waals surface area (Å²) in [5.41, 5.74) is 7.35. The molecule has 0 spiro atoms. The average Bonchev–Trinajstić information content (AvgIpc) is 3.50. The molecule has 10 nitrogen and oxygen atoms in total. The van der Waals surface area contributed by atoms with Gasteiger partial charge in [-0.3, -0.25) is 14.9 Å². The summed E-state index contributed by atoms with van der Waals surface area (Å²) < 4.78 is 7.54. The topological polar surface area (TPSA) is 137 Å². The molecular weight excluding hydrogens is 507 g/mol. The molecule has 0 unspecified atom stereocenters. The van der Waals surface area contributed by atoms with E-state index in [1.807, 2.05) is 10.8 Å². The zero-order valence-electron chi connectivity index (χ0n) is 19.4. The molecule has 3 heterocycles. The first-order chi connectivity index (χ1) is 17.3. The number of aryl methyl sites for hydroxylation is 1. The van der Waals surface area contributed by atoms with E-state index >= 15 is 0 Å². The molecule has 1 aliphatic heterocycles. The number of hydrogen-bond donors (Lipinski definition) is 3. The molecule has 0 aliphatic carbocycles. The van der Waals surface area contributed by atoms with Crippen LogP contribution in [0.15, 0.2) is 42.7 Å². The molecule has 36 heavy (non-hydrogen) atoms. The number of nitro groups is 1. The SMILES string of the molecule is Nc1nc(NCCCn2cc(C(=O)NC[C@@H]3CCCO3)c(-c3ccc(Cl)cc3Cl)c2)ccc1[N+](=O)[O-]. The van der Waals surface area contributed by atoms with Crippen molar-refractivity contribution in [1.29, 1.82) is 0 Å². The number of anilines is 2. The smallest absolute Gasteiger partial charge is 0.311 e. The third-order valence-corrected chi connectivity index (χ3v) is 6.41. The van der Waals surface area contributed by atoms with Gasteiger partial charge in [0, 0.05) is 65.9 Å². The van der Waals surface area contributed by atoms with Crippen LogP contribution >= 0.6 is 23.2 Å². The van der Waals surface area contributed by atoms with Crippen LogP contribution < -0.4 is 16.4 Å². The number of ether oxygens (including phenoxy) is 1. The molecule has 2 aromatic heterocycles. The number of nitrogens with one attached hydrogen (secondary N) is 2. The van der Waals surface area contributed by atoms with Gasteiger partial charge in [-0.15, -0.1) is 0 Å². The maximum absolute atomic E-state index is 13.1. The number of hydrogen-bond acceptors (Lipinski definition) is 7. The molecule has 4 N–H and O–H groups in total. The molecule has 12 heteroatoms. The first-order valence-electron chi connectivity index (χ1n) is 11.5. The summed E-state index contributed by atoms with van der Waals surface area (Å²) in [5, 5.41) is 17.9. The summed E-state index contributed by atoms with van der Waals surface area (Å²) in [6.45, 7) is 2.32. The number of pyridine rings is 1. The molecule has 4 rings (SSSR count). The molecule has 1 aromatic carbocycles. The van der Waals surface area contributed by atoms with Crippen LogP contribution in [0, 0.1) is 10.1 Å². The second-order valence-corrected chi connectivity index (χ2v) is 9.27. The highest BCUT2D eigenvalue weighted by Crippen LogP contribution is 2.33. The van der Waals surface area contributed by atoms with E-state index in [4.69, 9.17) is 33.7 Å². The summed E-state index contributed by atoms with van der Waals surface area (Å²) in [5.74, 6) is 0.112. The molecule has 0 bridgehead atoms. The molecule has 1 aliphatic rings. The van der Waals surface area contributed by atoms with Gasteiger partial charge in [0.25, 0.3) is 5.91 Å². The van der Waals surface area contributed by atoms with Crippen molar-refractivity contribution in [2.24, 2.45) is 0 Å². The molecular formula is C24H26Cl2N6O4. The van der Waals surface area contributed by atoms with E-state index in [1.54, 1.807) is 24.4 Å². The number of nitrogens with two attached hydrogens (primary N) is 1. The van der Waals surface area contributed by atoms with Crippen LogP contribution in [0.5, 0.6) is 0 Å². The molecule has 1 amide bonds. The van der Waals surface area contributed by atoms with E-state index in [1.165, 1.54) is 12.1 Å². The number of benzene rings is 1. The van der Waals surface area contributed by atoms with Gasteiger partial charge >= 0.3 is 5.69 Å². The van der Waals surface area contributed by atoms with Crippen molar-refractivity contribution in [3.63, 3.8) is 0 Å². The predicted octanol–water partition coefficient (Wildman–Crippen LogP) is 4.76. The summed E-state index contributed by atoms with van der Waals surface area (Å²) in [7, 11) is 0. The van der Waals surface area contributed by atoms with Crippen molar-refractivity contribution in [1.82, 2.24) is 14.9 Å². The highest BCUT2D eigenvalue weighted by Gasteiger charge is 2.21. The summed E-state index contributed by atoms with van der Waals surface area (Å²) in [6, 6.07) is 8.02. The van der Waals surface area contributed by atoms with Gasteiger partial charge in [-0.2, -0.15) is 0 Å². The quantitative estimate of drug-likeness (QED) is 0.194. The molecule has 1 atom stereocenters. The largest absolute Gasteiger partial charge is 0.378 e. The molecule has 3 aromatic rings. The van der Waals surface area contributed by atoms with Gasteiger partial charge in [-0.05, 0) is 37.5 Å². The van der Waals surface area contributed by atoms with Crippen molar-refractivity contribution in [2.45, 2.75) is 31.9 Å².